The van der Waals surface area contributed by atoms with Gasteiger partial charge >= 0.3 is 0 Å². The number of carbonyl (C=O) groups is 1. The number of piperidine rings is 1. The lowest BCUT2D eigenvalue weighted by Gasteiger charge is -2.28. The second-order valence-corrected chi connectivity index (χ2v) is 8.21. The Labute approximate surface area is 155 Å². The highest BCUT2D eigenvalue weighted by atomic mass is 32.2. The molecule has 0 unspecified atom stereocenters. The van der Waals surface area contributed by atoms with Crippen LogP contribution in [0.3, 0.4) is 0 Å². The Hall–Kier alpha value is -2.36. The lowest BCUT2D eigenvalue weighted by atomic mass is 10.1. The minimum absolute atomic E-state index is 0.0396. The van der Waals surface area contributed by atoms with Crippen molar-refractivity contribution in [2.45, 2.75) is 23.8 Å². The van der Waals surface area contributed by atoms with Crippen molar-refractivity contribution in [2.24, 2.45) is 0 Å². The molecule has 2 aromatic carbocycles. The van der Waals surface area contributed by atoms with Gasteiger partial charge in [0.15, 0.2) is 0 Å². The fraction of sp³-hybridized carbons (Fsp3) is 0.278. The normalized spacial score (nSPS) is 16.3. The summed E-state index contributed by atoms with van der Waals surface area (Å²) >= 11 is 0. The third-order valence-corrected chi connectivity index (χ3v) is 6.17. The third kappa shape index (κ3) is 4.49. The number of anilines is 1. The number of nitrogens with zero attached hydrogens (tertiary/aromatic N) is 1. The van der Waals surface area contributed by atoms with E-state index in [-0.39, 0.29) is 29.2 Å². The number of aliphatic hydroxyl groups excluding tert-OH is 1. The van der Waals surface area contributed by atoms with E-state index in [1.807, 2.05) is 0 Å². The van der Waals surface area contributed by atoms with Gasteiger partial charge in [-0.15, -0.1) is 0 Å². The highest BCUT2D eigenvalue weighted by molar-refractivity contribution is 7.89. The average Bonchev–Trinajstić information content (AvgIpc) is 2.61. The molecule has 1 saturated heterocycles. The Balaban J connectivity index is 1.81. The van der Waals surface area contributed by atoms with Crippen molar-refractivity contribution in [2.75, 3.05) is 18.4 Å². The van der Waals surface area contributed by atoms with Crippen LogP contribution in [0.1, 0.15) is 23.2 Å². The number of benzene rings is 2. The molecule has 0 aromatic heterocycles. The molecule has 1 heterocycles. The van der Waals surface area contributed by atoms with Gasteiger partial charge in [-0.05, 0) is 43.2 Å². The van der Waals surface area contributed by atoms with Gasteiger partial charge < -0.3 is 10.4 Å². The summed E-state index contributed by atoms with van der Waals surface area (Å²) in [6.07, 6.45) is 0.190. The van der Waals surface area contributed by atoms with Crippen LogP contribution in [0.2, 0.25) is 0 Å². The first kappa shape index (κ1) is 19.4. The zero-order valence-electron chi connectivity index (χ0n) is 14.2. The van der Waals surface area contributed by atoms with E-state index in [0.29, 0.717) is 18.9 Å². The van der Waals surface area contributed by atoms with Crippen LogP contribution in [0.4, 0.5) is 14.5 Å². The molecule has 0 bridgehead atoms. The maximum absolute atomic E-state index is 13.2. The van der Waals surface area contributed by atoms with Gasteiger partial charge in [0, 0.05) is 30.4 Å². The van der Waals surface area contributed by atoms with Crippen LogP contribution >= 0.6 is 0 Å². The van der Waals surface area contributed by atoms with Crippen molar-refractivity contribution in [1.29, 1.82) is 0 Å². The summed E-state index contributed by atoms with van der Waals surface area (Å²) < 4.78 is 53.2. The molecule has 1 amide bonds. The average molecular weight is 396 g/mol. The van der Waals surface area contributed by atoms with Gasteiger partial charge in [0.1, 0.15) is 11.6 Å². The molecule has 1 aliphatic heterocycles. The molecule has 0 spiro atoms. The number of rotatable bonds is 4. The first-order valence-electron chi connectivity index (χ1n) is 8.31. The molecule has 0 radical (unpaired) electrons. The Morgan fingerprint density at radius 1 is 1.07 bits per heavy atom. The molecule has 6 nitrogen and oxygen atoms in total. The fourth-order valence-corrected chi connectivity index (χ4v) is 4.37. The van der Waals surface area contributed by atoms with E-state index in [4.69, 9.17) is 0 Å². The number of halogens is 2. The minimum Gasteiger partial charge on any atom is -0.393 e. The van der Waals surface area contributed by atoms with Gasteiger partial charge in [-0.3, -0.25) is 4.79 Å². The van der Waals surface area contributed by atoms with Gasteiger partial charge in [-0.25, -0.2) is 17.2 Å². The van der Waals surface area contributed by atoms with Crippen molar-refractivity contribution in [3.05, 3.63) is 59.7 Å². The van der Waals surface area contributed by atoms with Crippen molar-refractivity contribution in [3.63, 3.8) is 0 Å². The van der Waals surface area contributed by atoms with Crippen molar-refractivity contribution in [3.8, 4) is 0 Å². The second-order valence-electron chi connectivity index (χ2n) is 6.28. The minimum atomic E-state index is -3.81. The number of sulfonamides is 1. The largest absolute Gasteiger partial charge is 0.393 e. The zero-order chi connectivity index (χ0) is 19.6. The Morgan fingerprint density at radius 2 is 1.70 bits per heavy atom. The van der Waals surface area contributed by atoms with Crippen LogP contribution < -0.4 is 5.32 Å². The van der Waals surface area contributed by atoms with Gasteiger partial charge in [-0.2, -0.15) is 4.31 Å². The van der Waals surface area contributed by atoms with E-state index >= 15 is 0 Å². The second kappa shape index (κ2) is 7.71. The van der Waals surface area contributed by atoms with Crippen molar-refractivity contribution in [1.82, 2.24) is 4.31 Å². The topological polar surface area (TPSA) is 86.7 Å². The summed E-state index contributed by atoms with van der Waals surface area (Å²) in [5.74, 6) is -2.37. The Kier molecular flexibility index (Phi) is 5.54. The smallest absolute Gasteiger partial charge is 0.255 e. The lowest BCUT2D eigenvalue weighted by molar-refractivity contribution is 0.102. The molecule has 2 N–H and O–H groups in total. The van der Waals surface area contributed by atoms with Crippen LogP contribution in [-0.2, 0) is 10.0 Å². The molecule has 0 atom stereocenters. The van der Waals surface area contributed by atoms with E-state index < -0.39 is 33.7 Å². The standard InChI is InChI=1S/C18H18F2N2O4S/c19-13-9-14(20)11-15(10-13)21-18(24)12-2-1-3-17(8-12)27(25,26)22-6-4-16(23)5-7-22/h1-3,8-11,16,23H,4-7H2,(H,21,24). The summed E-state index contributed by atoms with van der Waals surface area (Å²) in [7, 11) is -3.81. The summed E-state index contributed by atoms with van der Waals surface area (Å²) in [5, 5.41) is 11.9. The predicted octanol–water partition coefficient (Wildman–Crippen LogP) is 2.36. The van der Waals surface area contributed by atoms with Crippen LogP contribution in [0.25, 0.3) is 0 Å². The molecule has 9 heteroatoms. The Morgan fingerprint density at radius 3 is 2.33 bits per heavy atom. The quantitative estimate of drug-likeness (QED) is 0.831. The van der Waals surface area contributed by atoms with Gasteiger partial charge in [-0.1, -0.05) is 6.07 Å². The van der Waals surface area contributed by atoms with Crippen molar-refractivity contribution < 1.29 is 27.1 Å². The summed E-state index contributed by atoms with van der Waals surface area (Å²) in [4.78, 5) is 12.3. The number of amides is 1. The lowest BCUT2D eigenvalue weighted by Crippen LogP contribution is -2.40. The van der Waals surface area contributed by atoms with Crippen LogP contribution in [0.5, 0.6) is 0 Å². The van der Waals surface area contributed by atoms with Crippen molar-refractivity contribution >= 4 is 21.6 Å². The van der Waals surface area contributed by atoms with E-state index in [1.54, 1.807) is 0 Å². The van der Waals surface area contributed by atoms with E-state index in [0.717, 1.165) is 12.1 Å². The molecular formula is C18H18F2N2O4S. The molecule has 144 valence electrons. The molecule has 1 aliphatic rings. The Bertz CT molecular complexity index is 937. The molecule has 1 fully saturated rings. The number of nitrogens with one attached hydrogen (secondary N) is 1. The molecule has 0 saturated carbocycles. The van der Waals surface area contributed by atoms with Gasteiger partial charge in [0.05, 0.1) is 11.0 Å². The molecule has 3 rings (SSSR count). The fourth-order valence-electron chi connectivity index (χ4n) is 2.86. The zero-order valence-corrected chi connectivity index (χ0v) is 15.0. The maximum atomic E-state index is 13.2. The maximum Gasteiger partial charge on any atom is 0.255 e. The first-order chi connectivity index (χ1) is 12.8. The monoisotopic (exact) mass is 396 g/mol. The number of hydrogen-bond acceptors (Lipinski definition) is 4. The number of hydrogen-bond donors (Lipinski definition) is 2. The third-order valence-electron chi connectivity index (χ3n) is 4.28. The van der Waals surface area contributed by atoms with Crippen LogP contribution in [-0.4, -0.2) is 42.9 Å². The summed E-state index contributed by atoms with van der Waals surface area (Å²) in [6.45, 7) is 0.394. The van der Waals surface area contributed by atoms with Crippen LogP contribution in [0, 0.1) is 11.6 Å². The molecular weight excluding hydrogens is 378 g/mol. The molecule has 2 aromatic rings. The number of carbonyl (C=O) groups excluding carboxylic acids is 1. The summed E-state index contributed by atoms with van der Waals surface area (Å²) in [6, 6.07) is 8.01. The van der Waals surface area contributed by atoms with E-state index in [9.17, 15) is 27.1 Å². The molecule has 0 aliphatic carbocycles. The van der Waals surface area contributed by atoms with E-state index in [2.05, 4.69) is 5.32 Å². The van der Waals surface area contributed by atoms with E-state index in [1.165, 1.54) is 28.6 Å². The van der Waals surface area contributed by atoms with Crippen LogP contribution in [0.15, 0.2) is 47.4 Å². The number of aliphatic hydroxyl groups is 1. The van der Waals surface area contributed by atoms with Gasteiger partial charge in [0.25, 0.3) is 5.91 Å². The highest BCUT2D eigenvalue weighted by Gasteiger charge is 2.29. The van der Waals surface area contributed by atoms with Gasteiger partial charge in [0.2, 0.25) is 10.0 Å². The predicted molar refractivity (Wildman–Crippen MR) is 94.8 cm³/mol. The highest BCUT2D eigenvalue weighted by Crippen LogP contribution is 2.22. The summed E-state index contributed by atoms with van der Waals surface area (Å²) in [5.41, 5.74) is -0.0337. The molecule has 27 heavy (non-hydrogen) atoms. The SMILES string of the molecule is O=C(Nc1cc(F)cc(F)c1)c1cccc(S(=O)(=O)N2CCC(O)CC2)c1. The first-order valence-corrected chi connectivity index (χ1v) is 9.75.